The SMILES string of the molecule is CC(C)(C)OC(=O)N1CCC(CC(=O)NCc2cccc(COCc3ccco3)c2)CC1. The minimum Gasteiger partial charge on any atom is -0.467 e. The molecule has 0 radical (unpaired) electrons. The highest BCUT2D eigenvalue weighted by molar-refractivity contribution is 5.76. The Morgan fingerprint density at radius 1 is 1.09 bits per heavy atom. The molecular weight excluding hydrogens is 408 g/mol. The van der Waals surface area contributed by atoms with Crippen molar-refractivity contribution < 1.29 is 23.5 Å². The Morgan fingerprint density at radius 2 is 1.84 bits per heavy atom. The number of carbonyl (C=O) groups is 2. The Hall–Kier alpha value is -2.80. The average molecular weight is 443 g/mol. The summed E-state index contributed by atoms with van der Waals surface area (Å²) >= 11 is 0. The Balaban J connectivity index is 1.36. The first kappa shape index (κ1) is 23.9. The van der Waals surface area contributed by atoms with Gasteiger partial charge in [-0.15, -0.1) is 0 Å². The first-order valence-corrected chi connectivity index (χ1v) is 11.2. The second-order valence-corrected chi connectivity index (χ2v) is 9.28. The third kappa shape index (κ3) is 8.04. The number of nitrogens with one attached hydrogen (secondary N) is 1. The van der Waals surface area contributed by atoms with Crippen LogP contribution in [0.25, 0.3) is 0 Å². The number of ether oxygens (including phenoxy) is 2. The van der Waals surface area contributed by atoms with Gasteiger partial charge in [0.25, 0.3) is 0 Å². The molecule has 32 heavy (non-hydrogen) atoms. The molecule has 2 heterocycles. The van der Waals surface area contributed by atoms with E-state index >= 15 is 0 Å². The quantitative estimate of drug-likeness (QED) is 0.644. The Morgan fingerprint density at radius 3 is 2.53 bits per heavy atom. The highest BCUT2D eigenvalue weighted by Crippen LogP contribution is 2.22. The van der Waals surface area contributed by atoms with Crippen LogP contribution in [-0.2, 0) is 34.0 Å². The first-order valence-electron chi connectivity index (χ1n) is 11.2. The minimum atomic E-state index is -0.489. The summed E-state index contributed by atoms with van der Waals surface area (Å²) in [5.41, 5.74) is 1.60. The number of furan rings is 1. The molecule has 2 aromatic rings. The molecule has 0 aliphatic carbocycles. The van der Waals surface area contributed by atoms with Crippen LogP contribution in [0.4, 0.5) is 4.79 Å². The smallest absolute Gasteiger partial charge is 0.410 e. The van der Waals surface area contributed by atoms with Crippen molar-refractivity contribution in [2.75, 3.05) is 13.1 Å². The molecule has 1 saturated heterocycles. The lowest BCUT2D eigenvalue weighted by Gasteiger charge is -2.33. The molecule has 1 aromatic heterocycles. The lowest BCUT2D eigenvalue weighted by Crippen LogP contribution is -2.42. The summed E-state index contributed by atoms with van der Waals surface area (Å²) in [7, 11) is 0. The van der Waals surface area contributed by atoms with Gasteiger partial charge in [-0.05, 0) is 62.8 Å². The van der Waals surface area contributed by atoms with Gasteiger partial charge < -0.3 is 24.1 Å². The molecule has 7 heteroatoms. The molecule has 1 aliphatic rings. The van der Waals surface area contributed by atoms with Crippen LogP contribution < -0.4 is 5.32 Å². The molecule has 0 unspecified atom stereocenters. The van der Waals surface area contributed by atoms with Gasteiger partial charge >= 0.3 is 6.09 Å². The van der Waals surface area contributed by atoms with Gasteiger partial charge in [-0.1, -0.05) is 24.3 Å². The number of hydrogen-bond donors (Lipinski definition) is 1. The molecule has 1 fully saturated rings. The molecule has 0 spiro atoms. The van der Waals surface area contributed by atoms with Crippen molar-refractivity contribution in [2.45, 2.75) is 65.4 Å². The average Bonchev–Trinajstić information content (AvgIpc) is 3.25. The highest BCUT2D eigenvalue weighted by Gasteiger charge is 2.27. The zero-order valence-corrected chi connectivity index (χ0v) is 19.3. The maximum Gasteiger partial charge on any atom is 0.410 e. The molecule has 174 valence electrons. The molecule has 0 atom stereocenters. The van der Waals surface area contributed by atoms with Crippen molar-refractivity contribution in [2.24, 2.45) is 5.92 Å². The van der Waals surface area contributed by atoms with E-state index in [4.69, 9.17) is 13.9 Å². The molecule has 3 rings (SSSR count). The summed E-state index contributed by atoms with van der Waals surface area (Å²) in [6.45, 7) is 8.27. The van der Waals surface area contributed by atoms with E-state index in [2.05, 4.69) is 5.32 Å². The third-order valence-electron chi connectivity index (χ3n) is 5.31. The predicted octanol–water partition coefficient (Wildman–Crippen LogP) is 4.65. The molecule has 0 bridgehead atoms. The summed E-state index contributed by atoms with van der Waals surface area (Å²) < 4.78 is 16.4. The van der Waals surface area contributed by atoms with E-state index in [-0.39, 0.29) is 17.9 Å². The van der Waals surface area contributed by atoms with E-state index in [9.17, 15) is 9.59 Å². The normalized spacial score (nSPS) is 14.9. The molecule has 1 N–H and O–H groups in total. The first-order chi connectivity index (χ1) is 15.3. The maximum atomic E-state index is 12.4. The van der Waals surface area contributed by atoms with Gasteiger partial charge in [0.05, 0.1) is 12.9 Å². The summed E-state index contributed by atoms with van der Waals surface area (Å²) in [6, 6.07) is 11.7. The largest absolute Gasteiger partial charge is 0.467 e. The summed E-state index contributed by atoms with van der Waals surface area (Å²) in [5.74, 6) is 1.13. The number of carbonyl (C=O) groups excluding carboxylic acids is 2. The van der Waals surface area contributed by atoms with Gasteiger partial charge in [0.2, 0.25) is 5.91 Å². The topological polar surface area (TPSA) is 81.0 Å². The Bertz CT molecular complexity index is 865. The number of amides is 2. The predicted molar refractivity (Wildman–Crippen MR) is 121 cm³/mol. The van der Waals surface area contributed by atoms with Crippen molar-refractivity contribution in [3.8, 4) is 0 Å². The third-order valence-corrected chi connectivity index (χ3v) is 5.31. The van der Waals surface area contributed by atoms with Gasteiger partial charge in [-0.3, -0.25) is 4.79 Å². The minimum absolute atomic E-state index is 0.0418. The summed E-state index contributed by atoms with van der Waals surface area (Å²) in [5, 5.41) is 3.02. The fourth-order valence-electron chi connectivity index (χ4n) is 3.67. The van der Waals surface area contributed by atoms with Crippen molar-refractivity contribution in [1.82, 2.24) is 10.2 Å². The number of likely N-dealkylation sites (tertiary alicyclic amines) is 1. The van der Waals surface area contributed by atoms with Crippen molar-refractivity contribution in [3.05, 3.63) is 59.5 Å². The Labute approximate surface area is 190 Å². The monoisotopic (exact) mass is 442 g/mol. The van der Waals surface area contributed by atoms with Crippen LogP contribution in [0, 0.1) is 5.92 Å². The number of nitrogens with zero attached hydrogens (tertiary/aromatic N) is 1. The van der Waals surface area contributed by atoms with Gasteiger partial charge in [0, 0.05) is 26.1 Å². The van der Waals surface area contributed by atoms with Gasteiger partial charge in [-0.25, -0.2) is 4.79 Å². The van der Waals surface area contributed by atoms with Crippen LogP contribution in [0.5, 0.6) is 0 Å². The van der Waals surface area contributed by atoms with Crippen molar-refractivity contribution in [3.63, 3.8) is 0 Å². The number of hydrogen-bond acceptors (Lipinski definition) is 5. The maximum absolute atomic E-state index is 12.4. The van der Waals surface area contributed by atoms with Gasteiger partial charge in [0.1, 0.15) is 18.0 Å². The molecule has 1 aromatic carbocycles. The van der Waals surface area contributed by atoms with Crippen molar-refractivity contribution >= 4 is 12.0 Å². The molecule has 2 amide bonds. The lowest BCUT2D eigenvalue weighted by molar-refractivity contribution is -0.122. The van der Waals surface area contributed by atoms with E-state index in [1.165, 1.54) is 0 Å². The van der Waals surface area contributed by atoms with Gasteiger partial charge in [-0.2, -0.15) is 0 Å². The standard InChI is InChI=1S/C25H34N2O5/c1-25(2,3)32-24(29)27-11-9-19(10-12-27)15-23(28)26-16-20-6-4-7-21(14-20)17-30-18-22-8-5-13-31-22/h4-8,13-14,19H,9-12,15-18H2,1-3H3,(H,26,28). The van der Waals surface area contributed by atoms with E-state index in [0.29, 0.717) is 39.3 Å². The van der Waals surface area contributed by atoms with Crippen LogP contribution >= 0.6 is 0 Å². The van der Waals surface area contributed by atoms with E-state index < -0.39 is 5.60 Å². The van der Waals surface area contributed by atoms with Crippen LogP contribution in [0.2, 0.25) is 0 Å². The van der Waals surface area contributed by atoms with Crippen LogP contribution in [0.3, 0.4) is 0 Å². The van der Waals surface area contributed by atoms with E-state index in [1.54, 1.807) is 11.2 Å². The molecule has 7 nitrogen and oxygen atoms in total. The van der Waals surface area contributed by atoms with Crippen LogP contribution in [0.1, 0.15) is 56.9 Å². The highest BCUT2D eigenvalue weighted by atomic mass is 16.6. The zero-order chi connectivity index (χ0) is 23.0. The summed E-state index contributed by atoms with van der Waals surface area (Å²) in [4.78, 5) is 26.3. The number of benzene rings is 1. The molecule has 0 saturated carbocycles. The second-order valence-electron chi connectivity index (χ2n) is 9.28. The Kier molecular flexibility index (Phi) is 8.33. The van der Waals surface area contributed by atoms with Crippen molar-refractivity contribution in [1.29, 1.82) is 0 Å². The summed E-state index contributed by atoms with van der Waals surface area (Å²) in [6.07, 6.45) is 3.47. The van der Waals surface area contributed by atoms with E-state index in [0.717, 1.165) is 29.7 Å². The van der Waals surface area contributed by atoms with Gasteiger partial charge in [0.15, 0.2) is 0 Å². The van der Waals surface area contributed by atoms with Crippen LogP contribution in [-0.4, -0.2) is 35.6 Å². The van der Waals surface area contributed by atoms with E-state index in [1.807, 2.05) is 57.2 Å². The number of piperidine rings is 1. The molecule has 1 aliphatic heterocycles. The zero-order valence-electron chi connectivity index (χ0n) is 19.3. The second kappa shape index (κ2) is 11.2. The van der Waals surface area contributed by atoms with Crippen LogP contribution in [0.15, 0.2) is 47.1 Å². The molecular formula is C25H34N2O5. The fourth-order valence-corrected chi connectivity index (χ4v) is 3.67. The number of rotatable bonds is 8. The fraction of sp³-hybridized carbons (Fsp3) is 0.520. The lowest BCUT2D eigenvalue weighted by atomic mass is 9.93.